The van der Waals surface area contributed by atoms with Crippen molar-refractivity contribution >= 4 is 40.0 Å². The van der Waals surface area contributed by atoms with E-state index in [1.165, 1.54) is 31.6 Å². The molecule has 1 saturated heterocycles. The van der Waals surface area contributed by atoms with Crippen LogP contribution in [0.4, 0.5) is 46.5 Å². The molecule has 6 rings (SSSR count). The van der Waals surface area contributed by atoms with Gasteiger partial charge in [-0.3, -0.25) is 4.90 Å². The van der Waals surface area contributed by atoms with Gasteiger partial charge in [-0.2, -0.15) is 13.2 Å². The van der Waals surface area contributed by atoms with Gasteiger partial charge in [0.15, 0.2) is 0 Å². The molecule has 0 atom stereocenters. The number of aromatic amines is 1. The molecule has 0 unspecified atom stereocenters. The number of imidazole rings is 1. The van der Waals surface area contributed by atoms with Crippen molar-refractivity contribution in [3.8, 4) is 0 Å². The highest BCUT2D eigenvalue weighted by molar-refractivity contribution is 5.80. The molecule has 3 aromatic heterocycles. The van der Waals surface area contributed by atoms with Crippen LogP contribution in [0.25, 0.3) is 11.0 Å². The third-order valence-corrected chi connectivity index (χ3v) is 6.86. The number of H-pyrrole nitrogens is 1. The molecule has 12 heteroatoms. The topological polar surface area (TPSA) is 85.0 Å². The molecule has 1 saturated carbocycles. The molecule has 4 heterocycles. The minimum Gasteiger partial charge on any atom is -0.368 e. The number of fused-ring (bicyclic) bond motifs is 1. The highest BCUT2D eigenvalue weighted by Gasteiger charge is 2.34. The van der Waals surface area contributed by atoms with Crippen LogP contribution in [0.1, 0.15) is 18.4 Å². The summed E-state index contributed by atoms with van der Waals surface area (Å²) in [6.45, 7) is 5.36. The first kappa shape index (κ1) is 24.4. The largest absolute Gasteiger partial charge is 0.419 e. The van der Waals surface area contributed by atoms with Crippen LogP contribution in [-0.4, -0.2) is 57.6 Å². The summed E-state index contributed by atoms with van der Waals surface area (Å²) in [4.78, 5) is 21.2. The molecule has 0 amide bonds. The third kappa shape index (κ3) is 5.49. The van der Waals surface area contributed by atoms with Crippen LogP contribution in [0, 0.1) is 11.7 Å². The van der Waals surface area contributed by atoms with Gasteiger partial charge in [-0.25, -0.2) is 19.3 Å². The Balaban J connectivity index is 1.10. The highest BCUT2D eigenvalue weighted by atomic mass is 19.4. The molecule has 38 heavy (non-hydrogen) atoms. The summed E-state index contributed by atoms with van der Waals surface area (Å²) < 4.78 is 52.6. The standard InChI is InChI=1S/C26H26F4N8/c27-20-5-3-17(11-19(20)26(28,29)30)33-24-12-21-22(14-32-24)35-25(34-21)36-23-6-4-18(13-31-23)38-9-7-37(8-10-38)15-16-1-2-16/h3-6,11-14,16H,1-2,7-10,15H2,(H,32,33)(H2,31,34,35,36). The zero-order valence-electron chi connectivity index (χ0n) is 20.4. The average molecular weight is 527 g/mol. The first-order valence-corrected chi connectivity index (χ1v) is 12.5. The predicted molar refractivity (Wildman–Crippen MR) is 137 cm³/mol. The van der Waals surface area contributed by atoms with E-state index in [-0.39, 0.29) is 11.5 Å². The smallest absolute Gasteiger partial charge is 0.368 e. The van der Waals surface area contributed by atoms with Crippen molar-refractivity contribution in [1.29, 1.82) is 0 Å². The second-order valence-electron chi connectivity index (χ2n) is 9.75. The number of alkyl halides is 3. The van der Waals surface area contributed by atoms with Crippen molar-refractivity contribution < 1.29 is 17.6 Å². The van der Waals surface area contributed by atoms with Gasteiger partial charge in [0, 0.05) is 44.5 Å². The average Bonchev–Trinajstić information content (AvgIpc) is 3.62. The lowest BCUT2D eigenvalue weighted by Gasteiger charge is -2.36. The van der Waals surface area contributed by atoms with E-state index < -0.39 is 17.6 Å². The number of nitrogens with one attached hydrogen (secondary N) is 3. The SMILES string of the molecule is Fc1ccc(Nc2cc3nc(Nc4ccc(N5CCN(CC6CC6)CC5)cn4)[nH]c3cn2)cc1C(F)(F)F. The van der Waals surface area contributed by atoms with Crippen molar-refractivity contribution in [3.63, 3.8) is 0 Å². The monoisotopic (exact) mass is 526 g/mol. The van der Waals surface area contributed by atoms with Crippen LogP contribution in [0.15, 0.2) is 48.8 Å². The Morgan fingerprint density at radius 2 is 1.71 bits per heavy atom. The number of piperazine rings is 1. The molecular weight excluding hydrogens is 500 g/mol. The van der Waals surface area contributed by atoms with E-state index in [2.05, 4.69) is 40.4 Å². The number of halogens is 4. The maximum Gasteiger partial charge on any atom is 0.419 e. The number of hydrogen-bond acceptors (Lipinski definition) is 7. The molecule has 3 N–H and O–H groups in total. The molecule has 4 aromatic rings. The second kappa shape index (κ2) is 9.75. The first-order valence-electron chi connectivity index (χ1n) is 12.5. The molecule has 1 aliphatic heterocycles. The molecule has 0 radical (unpaired) electrons. The summed E-state index contributed by atoms with van der Waals surface area (Å²) in [5.74, 6) is 0.927. The van der Waals surface area contributed by atoms with E-state index in [1.54, 1.807) is 6.07 Å². The van der Waals surface area contributed by atoms with Gasteiger partial charge in [0.1, 0.15) is 17.5 Å². The van der Waals surface area contributed by atoms with Gasteiger partial charge in [0.05, 0.1) is 34.7 Å². The lowest BCUT2D eigenvalue weighted by molar-refractivity contribution is -0.139. The van der Waals surface area contributed by atoms with Crippen LogP contribution >= 0.6 is 0 Å². The normalized spacial score (nSPS) is 16.7. The molecule has 1 aromatic carbocycles. The first-order chi connectivity index (χ1) is 18.3. The number of rotatable bonds is 7. The van der Waals surface area contributed by atoms with Crippen molar-refractivity contribution in [2.75, 3.05) is 48.3 Å². The summed E-state index contributed by atoms with van der Waals surface area (Å²) in [6, 6.07) is 8.23. The predicted octanol–water partition coefficient (Wildman–Crippen LogP) is 5.53. The molecular formula is C26H26F4N8. The molecule has 2 fully saturated rings. The van der Waals surface area contributed by atoms with Crippen LogP contribution in [0.3, 0.4) is 0 Å². The summed E-state index contributed by atoms with van der Waals surface area (Å²) >= 11 is 0. The van der Waals surface area contributed by atoms with Crippen molar-refractivity contribution in [3.05, 3.63) is 60.2 Å². The lowest BCUT2D eigenvalue weighted by atomic mass is 10.2. The number of anilines is 5. The van der Waals surface area contributed by atoms with Gasteiger partial charge >= 0.3 is 6.18 Å². The Hall–Kier alpha value is -3.93. The van der Waals surface area contributed by atoms with Gasteiger partial charge in [0.2, 0.25) is 5.95 Å². The number of aromatic nitrogens is 4. The van der Waals surface area contributed by atoms with E-state index in [0.29, 0.717) is 28.9 Å². The number of hydrogen-bond donors (Lipinski definition) is 3. The Labute approximate surface area is 216 Å². The fourth-order valence-electron chi connectivity index (χ4n) is 4.63. The van der Waals surface area contributed by atoms with E-state index >= 15 is 0 Å². The van der Waals surface area contributed by atoms with Gasteiger partial charge in [-0.1, -0.05) is 0 Å². The van der Waals surface area contributed by atoms with E-state index in [9.17, 15) is 17.6 Å². The van der Waals surface area contributed by atoms with Gasteiger partial charge in [0.25, 0.3) is 0 Å². The third-order valence-electron chi connectivity index (χ3n) is 6.86. The van der Waals surface area contributed by atoms with E-state index in [1.807, 2.05) is 18.3 Å². The van der Waals surface area contributed by atoms with E-state index in [4.69, 9.17) is 0 Å². The van der Waals surface area contributed by atoms with Gasteiger partial charge in [-0.15, -0.1) is 0 Å². The maximum atomic E-state index is 13.6. The molecule has 0 spiro atoms. The molecule has 2 aliphatic rings. The zero-order valence-corrected chi connectivity index (χ0v) is 20.4. The number of nitrogens with zero attached hydrogens (tertiary/aromatic N) is 5. The van der Waals surface area contributed by atoms with Gasteiger partial charge in [-0.05, 0) is 49.1 Å². The van der Waals surface area contributed by atoms with Crippen LogP contribution in [-0.2, 0) is 6.18 Å². The fourth-order valence-corrected chi connectivity index (χ4v) is 4.63. The second-order valence-corrected chi connectivity index (χ2v) is 9.75. The Morgan fingerprint density at radius 3 is 2.42 bits per heavy atom. The maximum absolute atomic E-state index is 13.6. The number of benzene rings is 1. The van der Waals surface area contributed by atoms with Crippen molar-refractivity contribution in [1.82, 2.24) is 24.8 Å². The zero-order chi connectivity index (χ0) is 26.3. The minimum absolute atomic E-state index is 0.0630. The number of pyridine rings is 2. The minimum atomic E-state index is -4.79. The fraction of sp³-hybridized carbons (Fsp3) is 0.346. The lowest BCUT2D eigenvalue weighted by Crippen LogP contribution is -2.47. The summed E-state index contributed by atoms with van der Waals surface area (Å²) in [5.41, 5.74) is 0.982. The summed E-state index contributed by atoms with van der Waals surface area (Å²) in [6.07, 6.45) is 1.33. The summed E-state index contributed by atoms with van der Waals surface area (Å²) in [7, 11) is 0. The Morgan fingerprint density at radius 1 is 0.921 bits per heavy atom. The quantitative estimate of drug-likeness (QED) is 0.273. The molecule has 1 aliphatic carbocycles. The van der Waals surface area contributed by atoms with Crippen LogP contribution in [0.2, 0.25) is 0 Å². The van der Waals surface area contributed by atoms with Crippen LogP contribution < -0.4 is 15.5 Å². The highest BCUT2D eigenvalue weighted by Crippen LogP contribution is 2.34. The molecule has 8 nitrogen and oxygen atoms in total. The molecule has 198 valence electrons. The Kier molecular flexibility index (Phi) is 6.26. The van der Waals surface area contributed by atoms with Crippen molar-refractivity contribution in [2.45, 2.75) is 19.0 Å². The van der Waals surface area contributed by atoms with Gasteiger partial charge < -0.3 is 20.5 Å². The van der Waals surface area contributed by atoms with Crippen LogP contribution in [0.5, 0.6) is 0 Å². The molecule has 0 bridgehead atoms. The van der Waals surface area contributed by atoms with E-state index in [0.717, 1.165) is 43.9 Å². The van der Waals surface area contributed by atoms with Crippen molar-refractivity contribution in [2.24, 2.45) is 5.92 Å². The Bertz CT molecular complexity index is 1420. The summed E-state index contributed by atoms with van der Waals surface area (Å²) in [5, 5.41) is 5.91.